The molecule has 0 atom stereocenters. The van der Waals surface area contributed by atoms with Crippen molar-refractivity contribution in [3.05, 3.63) is 35.0 Å². The van der Waals surface area contributed by atoms with E-state index < -0.39 is 0 Å². The number of H-pyrrole nitrogens is 1. The normalized spacial score (nSPS) is 16.9. The predicted molar refractivity (Wildman–Crippen MR) is 63.1 cm³/mol. The lowest BCUT2D eigenvalue weighted by molar-refractivity contribution is 0.313. The molecule has 1 aromatic carbocycles. The van der Waals surface area contributed by atoms with Crippen LogP contribution in [0.15, 0.2) is 18.2 Å². The van der Waals surface area contributed by atoms with Gasteiger partial charge in [0.2, 0.25) is 0 Å². The number of aromatic nitrogens is 1. The summed E-state index contributed by atoms with van der Waals surface area (Å²) in [5.41, 5.74) is 5.64. The number of nitrogens with zero attached hydrogens (tertiary/aromatic N) is 1. The van der Waals surface area contributed by atoms with E-state index in [1.54, 1.807) is 0 Å². The molecule has 3 rings (SSSR count). The molecular weight excluding hydrogens is 184 g/mol. The molecule has 0 amide bonds. The third kappa shape index (κ3) is 1.29. The highest BCUT2D eigenvalue weighted by Gasteiger charge is 2.18. The summed E-state index contributed by atoms with van der Waals surface area (Å²) in [5, 5.41) is 1.44. The molecule has 0 unspecified atom stereocenters. The Hall–Kier alpha value is -1.28. The Morgan fingerprint density at radius 3 is 3.07 bits per heavy atom. The summed E-state index contributed by atoms with van der Waals surface area (Å²) in [6, 6.07) is 6.51. The lowest BCUT2D eigenvalue weighted by Gasteiger charge is -2.22. The smallest absolute Gasteiger partial charge is 0.0462 e. The van der Waals surface area contributed by atoms with Crippen molar-refractivity contribution in [2.45, 2.75) is 19.9 Å². The number of aromatic amines is 1. The summed E-state index contributed by atoms with van der Waals surface area (Å²) in [6.45, 7) is 4.45. The van der Waals surface area contributed by atoms with Crippen molar-refractivity contribution in [3.8, 4) is 0 Å². The zero-order valence-electron chi connectivity index (χ0n) is 9.30. The number of likely N-dealkylation sites (N-methyl/N-ethyl adjacent to an activating group) is 1. The fourth-order valence-electron chi connectivity index (χ4n) is 2.60. The second-order valence-corrected chi connectivity index (χ2v) is 4.57. The third-order valence-corrected chi connectivity index (χ3v) is 3.40. The Balaban J connectivity index is 2.30. The fraction of sp³-hybridized carbons (Fsp3) is 0.385. The quantitative estimate of drug-likeness (QED) is 0.692. The molecule has 1 aliphatic rings. The molecule has 0 spiro atoms. The van der Waals surface area contributed by atoms with Crippen LogP contribution in [-0.4, -0.2) is 23.5 Å². The van der Waals surface area contributed by atoms with Crippen molar-refractivity contribution in [1.29, 1.82) is 0 Å². The minimum absolute atomic E-state index is 1.08. The zero-order chi connectivity index (χ0) is 10.4. The van der Waals surface area contributed by atoms with Crippen molar-refractivity contribution in [3.63, 3.8) is 0 Å². The number of aryl methyl sites for hydroxylation is 1. The summed E-state index contributed by atoms with van der Waals surface area (Å²) in [6.07, 6.45) is 1.15. The molecule has 1 N–H and O–H groups in total. The topological polar surface area (TPSA) is 19.0 Å². The number of rotatable bonds is 0. The van der Waals surface area contributed by atoms with Crippen molar-refractivity contribution < 1.29 is 0 Å². The average molecular weight is 200 g/mol. The van der Waals surface area contributed by atoms with E-state index in [0.29, 0.717) is 0 Å². The summed E-state index contributed by atoms with van der Waals surface area (Å²) in [4.78, 5) is 5.94. The van der Waals surface area contributed by atoms with Crippen LogP contribution in [0.5, 0.6) is 0 Å². The van der Waals surface area contributed by atoms with Crippen LogP contribution in [0.3, 0.4) is 0 Å². The molecule has 0 radical (unpaired) electrons. The van der Waals surface area contributed by atoms with Gasteiger partial charge in [-0.1, -0.05) is 12.1 Å². The number of fused-ring (bicyclic) bond motifs is 3. The number of nitrogens with one attached hydrogen (secondary N) is 1. The van der Waals surface area contributed by atoms with Crippen molar-refractivity contribution in [1.82, 2.24) is 9.88 Å². The maximum Gasteiger partial charge on any atom is 0.0462 e. The zero-order valence-corrected chi connectivity index (χ0v) is 9.30. The molecule has 0 aliphatic carbocycles. The molecule has 1 aromatic heterocycles. The highest BCUT2D eigenvalue weighted by molar-refractivity contribution is 5.87. The standard InChI is InChI=1S/C13H16N2/c1-9-4-3-5-12-13(9)10-8-15(2)7-6-11(10)14-12/h3-5,14H,6-8H2,1-2H3. The van der Waals surface area contributed by atoms with Crippen LogP contribution in [0.25, 0.3) is 10.9 Å². The second kappa shape index (κ2) is 3.11. The van der Waals surface area contributed by atoms with E-state index in [4.69, 9.17) is 0 Å². The van der Waals surface area contributed by atoms with Gasteiger partial charge in [0.15, 0.2) is 0 Å². The molecule has 78 valence electrons. The first-order valence-electron chi connectivity index (χ1n) is 5.53. The molecule has 2 aromatic rings. The van der Waals surface area contributed by atoms with Crippen LogP contribution in [0.2, 0.25) is 0 Å². The van der Waals surface area contributed by atoms with E-state index in [0.717, 1.165) is 13.0 Å². The number of benzene rings is 1. The van der Waals surface area contributed by atoms with E-state index in [1.807, 2.05) is 0 Å². The first kappa shape index (κ1) is 8.98. The molecule has 1 aliphatic heterocycles. The maximum atomic E-state index is 3.55. The van der Waals surface area contributed by atoms with E-state index in [-0.39, 0.29) is 0 Å². The molecule has 2 nitrogen and oxygen atoms in total. The van der Waals surface area contributed by atoms with Gasteiger partial charge in [0.25, 0.3) is 0 Å². The fourth-order valence-corrected chi connectivity index (χ4v) is 2.60. The Morgan fingerprint density at radius 2 is 2.20 bits per heavy atom. The third-order valence-electron chi connectivity index (χ3n) is 3.40. The largest absolute Gasteiger partial charge is 0.358 e. The van der Waals surface area contributed by atoms with Gasteiger partial charge >= 0.3 is 0 Å². The molecule has 0 saturated carbocycles. The average Bonchev–Trinajstić information content (AvgIpc) is 2.57. The van der Waals surface area contributed by atoms with Gasteiger partial charge in [0.05, 0.1) is 0 Å². The van der Waals surface area contributed by atoms with Crippen molar-refractivity contribution in [2.24, 2.45) is 0 Å². The number of hydrogen-bond acceptors (Lipinski definition) is 1. The monoisotopic (exact) mass is 200 g/mol. The Labute approximate surface area is 89.9 Å². The van der Waals surface area contributed by atoms with E-state index in [1.165, 1.54) is 34.3 Å². The lowest BCUT2D eigenvalue weighted by atomic mass is 10.0. The van der Waals surface area contributed by atoms with Crippen molar-refractivity contribution >= 4 is 10.9 Å². The molecule has 2 heteroatoms. The van der Waals surface area contributed by atoms with Crippen LogP contribution in [0, 0.1) is 6.92 Å². The van der Waals surface area contributed by atoms with Gasteiger partial charge in [-0.05, 0) is 31.2 Å². The molecule has 2 heterocycles. The van der Waals surface area contributed by atoms with Crippen LogP contribution < -0.4 is 0 Å². The van der Waals surface area contributed by atoms with Crippen LogP contribution in [-0.2, 0) is 13.0 Å². The van der Waals surface area contributed by atoms with Crippen LogP contribution in [0.1, 0.15) is 16.8 Å². The van der Waals surface area contributed by atoms with Gasteiger partial charge in [-0.3, -0.25) is 0 Å². The molecule has 15 heavy (non-hydrogen) atoms. The molecule has 0 saturated heterocycles. The van der Waals surface area contributed by atoms with Gasteiger partial charge in [0, 0.05) is 36.1 Å². The van der Waals surface area contributed by atoms with Gasteiger partial charge < -0.3 is 9.88 Å². The van der Waals surface area contributed by atoms with E-state index >= 15 is 0 Å². The predicted octanol–water partition coefficient (Wildman–Crippen LogP) is 2.46. The highest BCUT2D eigenvalue weighted by Crippen LogP contribution is 2.29. The SMILES string of the molecule is Cc1cccc2[nH]c3c(c12)CN(C)CC3. The Kier molecular flexibility index (Phi) is 1.86. The second-order valence-electron chi connectivity index (χ2n) is 4.57. The lowest BCUT2D eigenvalue weighted by Crippen LogP contribution is -2.26. The van der Waals surface area contributed by atoms with E-state index in [2.05, 4.69) is 42.1 Å². The van der Waals surface area contributed by atoms with Gasteiger partial charge in [-0.15, -0.1) is 0 Å². The summed E-state index contributed by atoms with van der Waals surface area (Å²) < 4.78 is 0. The van der Waals surface area contributed by atoms with Gasteiger partial charge in [-0.2, -0.15) is 0 Å². The van der Waals surface area contributed by atoms with Crippen LogP contribution >= 0.6 is 0 Å². The molecule has 0 bridgehead atoms. The summed E-state index contributed by atoms with van der Waals surface area (Å²) in [5.74, 6) is 0. The van der Waals surface area contributed by atoms with Gasteiger partial charge in [-0.25, -0.2) is 0 Å². The molecular formula is C13H16N2. The minimum Gasteiger partial charge on any atom is -0.358 e. The summed E-state index contributed by atoms with van der Waals surface area (Å²) >= 11 is 0. The van der Waals surface area contributed by atoms with Gasteiger partial charge in [0.1, 0.15) is 0 Å². The minimum atomic E-state index is 1.08. The maximum absolute atomic E-state index is 3.55. The first-order chi connectivity index (χ1) is 7.25. The number of hydrogen-bond donors (Lipinski definition) is 1. The highest BCUT2D eigenvalue weighted by atomic mass is 15.1. The van der Waals surface area contributed by atoms with Crippen molar-refractivity contribution in [2.75, 3.05) is 13.6 Å². The van der Waals surface area contributed by atoms with Crippen LogP contribution in [0.4, 0.5) is 0 Å². The first-order valence-corrected chi connectivity index (χ1v) is 5.53. The summed E-state index contributed by atoms with van der Waals surface area (Å²) in [7, 11) is 2.19. The molecule has 0 fully saturated rings. The van der Waals surface area contributed by atoms with E-state index in [9.17, 15) is 0 Å². The Bertz CT molecular complexity index is 510. The Morgan fingerprint density at radius 1 is 1.33 bits per heavy atom.